The maximum absolute atomic E-state index is 11.8. The summed E-state index contributed by atoms with van der Waals surface area (Å²) in [6.07, 6.45) is 2.12. The number of benzene rings is 1. The second kappa shape index (κ2) is 13.5. The largest absolute Gasteiger partial charge is 0.497 e. The number of amides is 1. The number of nitrogens with one attached hydrogen (secondary N) is 2. The van der Waals surface area contributed by atoms with Gasteiger partial charge in [-0.1, -0.05) is 13.3 Å². The van der Waals surface area contributed by atoms with E-state index in [2.05, 4.69) is 22.5 Å². The third-order valence-corrected chi connectivity index (χ3v) is 3.63. The van der Waals surface area contributed by atoms with Gasteiger partial charge in [-0.2, -0.15) is 0 Å². The number of rotatable bonds is 9. The molecule has 1 aromatic rings. The quantitative estimate of drug-likeness (QED) is 0.247. The topological polar surface area (TPSA) is 75.2 Å². The van der Waals surface area contributed by atoms with Crippen molar-refractivity contribution in [3.63, 3.8) is 0 Å². The SMILES string of the molecule is CCCCNC(=NCc1ccc(OC)cc1OC)NCC(=O)N(C)C.I. The van der Waals surface area contributed by atoms with E-state index < -0.39 is 0 Å². The van der Waals surface area contributed by atoms with Gasteiger partial charge < -0.3 is 25.0 Å². The lowest BCUT2D eigenvalue weighted by molar-refractivity contribution is -0.127. The molecule has 8 heteroatoms. The van der Waals surface area contributed by atoms with Crippen LogP contribution in [0.1, 0.15) is 25.3 Å². The smallest absolute Gasteiger partial charge is 0.241 e. The maximum Gasteiger partial charge on any atom is 0.241 e. The molecule has 0 radical (unpaired) electrons. The number of methoxy groups -OCH3 is 2. The van der Waals surface area contributed by atoms with E-state index in [1.165, 1.54) is 0 Å². The predicted molar refractivity (Wildman–Crippen MR) is 116 cm³/mol. The summed E-state index contributed by atoms with van der Waals surface area (Å²) in [7, 11) is 6.70. The standard InChI is InChI=1S/C18H30N4O3.HI/c1-6-7-10-19-18(21-13-17(23)22(2)3)20-12-14-8-9-15(24-4)11-16(14)25-5;/h8-9,11H,6-7,10,12-13H2,1-5H3,(H2,19,20,21);1H. The highest BCUT2D eigenvalue weighted by Gasteiger charge is 2.08. The van der Waals surface area contributed by atoms with Gasteiger partial charge in [-0.05, 0) is 18.6 Å². The van der Waals surface area contributed by atoms with Crippen LogP contribution < -0.4 is 20.1 Å². The third kappa shape index (κ3) is 8.59. The van der Waals surface area contributed by atoms with E-state index in [4.69, 9.17) is 9.47 Å². The number of hydrogen-bond donors (Lipinski definition) is 2. The normalized spacial score (nSPS) is 10.6. The second-order valence-electron chi connectivity index (χ2n) is 5.76. The number of likely N-dealkylation sites (N-methyl/N-ethyl adjacent to an activating group) is 1. The van der Waals surface area contributed by atoms with E-state index in [0.717, 1.165) is 36.4 Å². The minimum absolute atomic E-state index is 0. The van der Waals surface area contributed by atoms with Crippen LogP contribution in [0.25, 0.3) is 0 Å². The van der Waals surface area contributed by atoms with Crippen molar-refractivity contribution in [1.82, 2.24) is 15.5 Å². The van der Waals surface area contributed by atoms with Crippen LogP contribution in [0.2, 0.25) is 0 Å². The summed E-state index contributed by atoms with van der Waals surface area (Å²) in [5.74, 6) is 2.06. The Hall–Kier alpha value is -1.71. The summed E-state index contributed by atoms with van der Waals surface area (Å²) in [5.41, 5.74) is 0.943. The number of hydrogen-bond acceptors (Lipinski definition) is 4. The molecule has 0 heterocycles. The van der Waals surface area contributed by atoms with Gasteiger partial charge in [-0.3, -0.25) is 4.79 Å². The van der Waals surface area contributed by atoms with E-state index in [9.17, 15) is 4.79 Å². The summed E-state index contributed by atoms with van der Waals surface area (Å²) in [4.78, 5) is 17.9. The molecule has 1 amide bonds. The molecule has 0 saturated heterocycles. The minimum Gasteiger partial charge on any atom is -0.497 e. The van der Waals surface area contributed by atoms with E-state index in [-0.39, 0.29) is 36.4 Å². The molecule has 2 N–H and O–H groups in total. The summed E-state index contributed by atoms with van der Waals surface area (Å²) >= 11 is 0. The lowest BCUT2D eigenvalue weighted by atomic mass is 10.2. The highest BCUT2D eigenvalue weighted by molar-refractivity contribution is 14.0. The Labute approximate surface area is 173 Å². The Morgan fingerprint density at radius 3 is 2.50 bits per heavy atom. The number of ether oxygens (including phenoxy) is 2. The van der Waals surface area contributed by atoms with Crippen molar-refractivity contribution in [3.05, 3.63) is 23.8 Å². The average Bonchev–Trinajstić information content (AvgIpc) is 2.62. The molecule has 0 unspecified atom stereocenters. The number of carbonyl (C=O) groups is 1. The molecule has 0 bridgehead atoms. The summed E-state index contributed by atoms with van der Waals surface area (Å²) < 4.78 is 10.6. The van der Waals surface area contributed by atoms with Gasteiger partial charge in [0.2, 0.25) is 5.91 Å². The van der Waals surface area contributed by atoms with Crippen LogP contribution in [0.15, 0.2) is 23.2 Å². The number of unbranched alkanes of at least 4 members (excludes halogenated alkanes) is 1. The van der Waals surface area contributed by atoms with Crippen LogP contribution in [0.5, 0.6) is 11.5 Å². The molecular weight excluding hydrogens is 447 g/mol. The molecule has 1 aromatic carbocycles. The molecule has 148 valence electrons. The van der Waals surface area contributed by atoms with Crippen molar-refractivity contribution in [2.24, 2.45) is 4.99 Å². The van der Waals surface area contributed by atoms with Gasteiger partial charge in [0.25, 0.3) is 0 Å². The van der Waals surface area contributed by atoms with Crippen LogP contribution in [0.4, 0.5) is 0 Å². The Kier molecular flexibility index (Phi) is 12.6. The third-order valence-electron chi connectivity index (χ3n) is 3.63. The van der Waals surface area contributed by atoms with Crippen molar-refractivity contribution in [1.29, 1.82) is 0 Å². The van der Waals surface area contributed by atoms with Crippen molar-refractivity contribution < 1.29 is 14.3 Å². The molecular formula is C18H31IN4O3. The zero-order valence-corrected chi connectivity index (χ0v) is 18.6. The zero-order chi connectivity index (χ0) is 18.7. The minimum atomic E-state index is -0.00739. The summed E-state index contributed by atoms with van der Waals surface area (Å²) in [6, 6.07) is 5.63. The van der Waals surface area contributed by atoms with Crippen molar-refractivity contribution >= 4 is 35.8 Å². The van der Waals surface area contributed by atoms with Crippen LogP contribution in [0.3, 0.4) is 0 Å². The first-order valence-corrected chi connectivity index (χ1v) is 8.45. The fourth-order valence-electron chi connectivity index (χ4n) is 2.02. The van der Waals surface area contributed by atoms with Gasteiger partial charge in [0.1, 0.15) is 11.5 Å². The van der Waals surface area contributed by atoms with Crippen LogP contribution in [0, 0.1) is 0 Å². The fraction of sp³-hybridized carbons (Fsp3) is 0.556. The predicted octanol–water partition coefficient (Wildman–Crippen LogP) is 2.25. The molecule has 0 atom stereocenters. The van der Waals surface area contributed by atoms with Gasteiger partial charge in [-0.15, -0.1) is 24.0 Å². The van der Waals surface area contributed by atoms with Crippen molar-refractivity contribution in [2.45, 2.75) is 26.3 Å². The molecule has 1 rings (SSSR count). The number of carbonyl (C=O) groups excluding carboxylic acids is 1. The van der Waals surface area contributed by atoms with Crippen LogP contribution in [-0.2, 0) is 11.3 Å². The van der Waals surface area contributed by atoms with Gasteiger partial charge in [0.15, 0.2) is 5.96 Å². The highest BCUT2D eigenvalue weighted by Crippen LogP contribution is 2.25. The van der Waals surface area contributed by atoms with Crippen molar-refractivity contribution in [3.8, 4) is 11.5 Å². The van der Waals surface area contributed by atoms with E-state index in [1.54, 1.807) is 33.2 Å². The molecule has 26 heavy (non-hydrogen) atoms. The average molecular weight is 478 g/mol. The first-order valence-electron chi connectivity index (χ1n) is 8.45. The number of halogens is 1. The van der Waals surface area contributed by atoms with Gasteiger partial charge in [0.05, 0.1) is 27.3 Å². The van der Waals surface area contributed by atoms with E-state index >= 15 is 0 Å². The summed E-state index contributed by atoms with van der Waals surface area (Å²) in [6.45, 7) is 3.57. The fourth-order valence-corrected chi connectivity index (χ4v) is 2.02. The first kappa shape index (κ1) is 24.3. The molecule has 0 spiro atoms. The highest BCUT2D eigenvalue weighted by atomic mass is 127. The molecule has 0 aliphatic carbocycles. The Balaban J connectivity index is 0.00000625. The first-order chi connectivity index (χ1) is 12.0. The molecule has 0 fully saturated rings. The van der Waals surface area contributed by atoms with E-state index in [1.807, 2.05) is 18.2 Å². The number of aliphatic imine (C=N–C) groups is 1. The zero-order valence-electron chi connectivity index (χ0n) is 16.3. The maximum atomic E-state index is 11.8. The summed E-state index contributed by atoms with van der Waals surface area (Å²) in [5, 5.41) is 6.32. The van der Waals surface area contributed by atoms with Crippen LogP contribution in [-0.4, -0.2) is 58.2 Å². The lowest BCUT2D eigenvalue weighted by Gasteiger charge is -2.15. The molecule has 0 saturated carbocycles. The lowest BCUT2D eigenvalue weighted by Crippen LogP contribution is -2.43. The number of guanidine groups is 1. The molecule has 0 aliphatic rings. The van der Waals surface area contributed by atoms with Gasteiger partial charge in [-0.25, -0.2) is 4.99 Å². The van der Waals surface area contributed by atoms with E-state index in [0.29, 0.717) is 12.5 Å². The van der Waals surface area contributed by atoms with Gasteiger partial charge >= 0.3 is 0 Å². The van der Waals surface area contributed by atoms with Crippen molar-refractivity contribution in [2.75, 3.05) is 41.4 Å². The molecule has 7 nitrogen and oxygen atoms in total. The molecule has 0 aromatic heterocycles. The van der Waals surface area contributed by atoms with Crippen LogP contribution >= 0.6 is 24.0 Å². The number of nitrogens with zero attached hydrogens (tertiary/aromatic N) is 2. The van der Waals surface area contributed by atoms with Gasteiger partial charge in [0, 0.05) is 32.3 Å². The Morgan fingerprint density at radius 1 is 1.19 bits per heavy atom. The Bertz CT molecular complexity index is 580. The monoisotopic (exact) mass is 478 g/mol. The molecule has 0 aliphatic heterocycles. The second-order valence-corrected chi connectivity index (χ2v) is 5.76. The Morgan fingerprint density at radius 2 is 1.92 bits per heavy atom.